The highest BCUT2D eigenvalue weighted by Crippen LogP contribution is 2.56. The van der Waals surface area contributed by atoms with Crippen LogP contribution in [0.5, 0.6) is 0 Å². The molecule has 1 saturated heterocycles. The Morgan fingerprint density at radius 1 is 1.19 bits per heavy atom. The summed E-state index contributed by atoms with van der Waals surface area (Å²) in [5.41, 5.74) is 3.92. The van der Waals surface area contributed by atoms with Gasteiger partial charge < -0.3 is 10.2 Å². The van der Waals surface area contributed by atoms with Gasteiger partial charge >= 0.3 is 6.03 Å². The van der Waals surface area contributed by atoms with Crippen LogP contribution in [-0.2, 0) is 6.42 Å². The lowest BCUT2D eigenvalue weighted by Gasteiger charge is -2.31. The number of hydrogen-bond donors (Lipinski definition) is 1. The number of fused-ring (bicyclic) bond motifs is 3. The Hall–Kier alpha value is -2.43. The van der Waals surface area contributed by atoms with E-state index in [9.17, 15) is 4.79 Å². The molecule has 26 heavy (non-hydrogen) atoms. The van der Waals surface area contributed by atoms with Crippen LogP contribution >= 0.6 is 0 Å². The Morgan fingerprint density at radius 3 is 2.81 bits per heavy atom. The molecule has 0 unspecified atom stereocenters. The number of amides is 2. The normalized spacial score (nSPS) is 27.0. The fourth-order valence-corrected chi connectivity index (χ4v) is 4.79. The van der Waals surface area contributed by atoms with Crippen molar-refractivity contribution in [2.45, 2.75) is 44.1 Å². The number of carbonyl (C=O) groups is 1. The van der Waals surface area contributed by atoms with Crippen molar-refractivity contribution in [3.8, 4) is 0 Å². The van der Waals surface area contributed by atoms with Gasteiger partial charge in [0.1, 0.15) is 5.82 Å². The number of aromatic nitrogens is 2. The summed E-state index contributed by atoms with van der Waals surface area (Å²) in [6.45, 7) is 3.57. The van der Waals surface area contributed by atoms with Crippen LogP contribution in [0.15, 0.2) is 36.5 Å². The van der Waals surface area contributed by atoms with Gasteiger partial charge in [-0.05, 0) is 49.3 Å². The van der Waals surface area contributed by atoms with Gasteiger partial charge in [0.05, 0.1) is 0 Å². The third-order valence-electron chi connectivity index (χ3n) is 6.29. The average molecular weight is 348 g/mol. The largest absolute Gasteiger partial charge is 0.334 e. The van der Waals surface area contributed by atoms with Crippen molar-refractivity contribution >= 4 is 6.03 Å². The Labute approximate surface area is 153 Å². The predicted octanol–water partition coefficient (Wildman–Crippen LogP) is 3.01. The SMILES string of the molecule is Cc1ccnc(C2CCN(C(=O)N[C@@H]3[C@H]4Cc5ccccc5[C@H]43)CC2)n1. The monoisotopic (exact) mass is 348 g/mol. The summed E-state index contributed by atoms with van der Waals surface area (Å²) in [5, 5.41) is 3.29. The second-order valence-corrected chi connectivity index (χ2v) is 7.89. The molecule has 2 aliphatic carbocycles. The molecule has 1 aliphatic heterocycles. The fourth-order valence-electron chi connectivity index (χ4n) is 4.79. The van der Waals surface area contributed by atoms with Gasteiger partial charge in [-0.3, -0.25) is 0 Å². The lowest BCUT2D eigenvalue weighted by Crippen LogP contribution is -2.45. The zero-order valence-electron chi connectivity index (χ0n) is 15.1. The van der Waals surface area contributed by atoms with E-state index in [1.54, 1.807) is 0 Å². The zero-order valence-corrected chi connectivity index (χ0v) is 15.1. The highest BCUT2D eigenvalue weighted by Gasteiger charge is 2.56. The van der Waals surface area contributed by atoms with Crippen molar-refractivity contribution in [3.63, 3.8) is 0 Å². The van der Waals surface area contributed by atoms with E-state index >= 15 is 0 Å². The highest BCUT2D eigenvalue weighted by molar-refractivity contribution is 5.75. The fraction of sp³-hybridized carbons (Fsp3) is 0.476. The van der Waals surface area contributed by atoms with Gasteiger partial charge in [0.25, 0.3) is 0 Å². The van der Waals surface area contributed by atoms with Gasteiger partial charge in [0.2, 0.25) is 0 Å². The third kappa shape index (κ3) is 2.66. The third-order valence-corrected chi connectivity index (χ3v) is 6.29. The number of nitrogens with zero attached hydrogens (tertiary/aromatic N) is 3. The number of hydrogen-bond acceptors (Lipinski definition) is 3. The second-order valence-electron chi connectivity index (χ2n) is 7.89. The summed E-state index contributed by atoms with van der Waals surface area (Å²) in [7, 11) is 0. The van der Waals surface area contributed by atoms with Crippen LogP contribution in [0.2, 0.25) is 0 Å². The van der Waals surface area contributed by atoms with E-state index < -0.39 is 0 Å². The van der Waals surface area contributed by atoms with Crippen LogP contribution in [0.25, 0.3) is 0 Å². The van der Waals surface area contributed by atoms with Crippen LogP contribution in [0.4, 0.5) is 4.79 Å². The van der Waals surface area contributed by atoms with E-state index in [-0.39, 0.29) is 6.03 Å². The number of urea groups is 1. The van der Waals surface area contributed by atoms with E-state index in [2.05, 4.69) is 39.6 Å². The van der Waals surface area contributed by atoms with Gasteiger partial charge in [-0.1, -0.05) is 24.3 Å². The molecule has 1 aromatic heterocycles. The van der Waals surface area contributed by atoms with Crippen molar-refractivity contribution in [1.82, 2.24) is 20.2 Å². The Kier molecular flexibility index (Phi) is 3.69. The molecule has 0 radical (unpaired) electrons. The van der Waals surface area contributed by atoms with Gasteiger partial charge in [-0.2, -0.15) is 0 Å². The number of rotatable bonds is 2. The van der Waals surface area contributed by atoms with Gasteiger partial charge in [0, 0.05) is 42.9 Å². The van der Waals surface area contributed by atoms with E-state index in [4.69, 9.17) is 0 Å². The van der Waals surface area contributed by atoms with Crippen LogP contribution in [0.1, 0.15) is 47.3 Å². The number of benzene rings is 1. The first-order valence-electron chi connectivity index (χ1n) is 9.63. The molecule has 5 rings (SSSR count). The van der Waals surface area contributed by atoms with Crippen LogP contribution in [0.3, 0.4) is 0 Å². The maximum atomic E-state index is 12.7. The second kappa shape index (κ2) is 6.08. The summed E-state index contributed by atoms with van der Waals surface area (Å²) in [6, 6.07) is 11.0. The van der Waals surface area contributed by atoms with E-state index in [0.717, 1.165) is 43.9 Å². The van der Waals surface area contributed by atoms with E-state index in [1.807, 2.05) is 24.1 Å². The molecule has 3 aliphatic rings. The summed E-state index contributed by atoms with van der Waals surface area (Å²) in [5.74, 6) is 2.44. The summed E-state index contributed by atoms with van der Waals surface area (Å²) >= 11 is 0. The van der Waals surface area contributed by atoms with Gasteiger partial charge in [-0.15, -0.1) is 0 Å². The molecule has 2 amide bonds. The molecular formula is C21H24N4O. The number of likely N-dealkylation sites (tertiary alicyclic amines) is 1. The molecule has 0 bridgehead atoms. The minimum absolute atomic E-state index is 0.102. The van der Waals surface area contributed by atoms with Crippen molar-refractivity contribution in [3.05, 3.63) is 59.2 Å². The maximum Gasteiger partial charge on any atom is 0.317 e. The Balaban J connectivity index is 1.17. The molecule has 2 fully saturated rings. The Bertz CT molecular complexity index is 843. The number of aryl methyl sites for hydroxylation is 1. The number of nitrogens with one attached hydrogen (secondary N) is 1. The predicted molar refractivity (Wildman–Crippen MR) is 99.0 cm³/mol. The van der Waals surface area contributed by atoms with Gasteiger partial charge in [-0.25, -0.2) is 14.8 Å². The lowest BCUT2D eigenvalue weighted by atomic mass is 9.96. The average Bonchev–Trinajstić information content (AvgIpc) is 3.18. The van der Waals surface area contributed by atoms with E-state index in [0.29, 0.717) is 23.8 Å². The molecule has 2 heterocycles. The summed E-state index contributed by atoms with van der Waals surface area (Å²) < 4.78 is 0. The first-order chi connectivity index (χ1) is 12.7. The molecule has 3 atom stereocenters. The smallest absolute Gasteiger partial charge is 0.317 e. The molecular weight excluding hydrogens is 324 g/mol. The minimum atomic E-state index is 0.102. The highest BCUT2D eigenvalue weighted by atomic mass is 16.2. The van der Waals surface area contributed by atoms with Crippen molar-refractivity contribution in [2.24, 2.45) is 5.92 Å². The molecule has 1 N–H and O–H groups in total. The summed E-state index contributed by atoms with van der Waals surface area (Å²) in [6.07, 6.45) is 4.83. The van der Waals surface area contributed by atoms with Crippen LogP contribution < -0.4 is 5.32 Å². The maximum absolute atomic E-state index is 12.7. The molecule has 0 spiro atoms. The summed E-state index contributed by atoms with van der Waals surface area (Å²) in [4.78, 5) is 23.6. The number of piperidine rings is 1. The topological polar surface area (TPSA) is 58.1 Å². The quantitative estimate of drug-likeness (QED) is 0.908. The molecule has 5 nitrogen and oxygen atoms in total. The number of carbonyl (C=O) groups excluding carboxylic acids is 1. The molecule has 134 valence electrons. The molecule has 2 aromatic rings. The molecule has 1 aromatic carbocycles. The standard InChI is InChI=1S/C21H24N4O/c1-13-6-9-22-20(23-13)14-7-10-25(11-8-14)21(26)24-19-17-12-15-4-2-3-5-16(15)18(17)19/h2-6,9,14,17-19H,7-8,10-12H2,1H3,(H,24,26)/t17-,18+,19+/m0/s1. The van der Waals surface area contributed by atoms with Crippen LogP contribution in [-0.4, -0.2) is 40.0 Å². The zero-order chi connectivity index (χ0) is 17.7. The van der Waals surface area contributed by atoms with Crippen molar-refractivity contribution < 1.29 is 4.79 Å². The van der Waals surface area contributed by atoms with Gasteiger partial charge in [0.15, 0.2) is 0 Å². The van der Waals surface area contributed by atoms with Crippen molar-refractivity contribution in [1.29, 1.82) is 0 Å². The molecule has 1 saturated carbocycles. The van der Waals surface area contributed by atoms with E-state index in [1.165, 1.54) is 11.1 Å². The van der Waals surface area contributed by atoms with Crippen LogP contribution in [0, 0.1) is 12.8 Å². The minimum Gasteiger partial charge on any atom is -0.334 e. The Morgan fingerprint density at radius 2 is 2.00 bits per heavy atom. The molecule has 5 heteroatoms. The first kappa shape index (κ1) is 15.8. The van der Waals surface area contributed by atoms with Crippen molar-refractivity contribution in [2.75, 3.05) is 13.1 Å². The lowest BCUT2D eigenvalue weighted by molar-refractivity contribution is 0.179. The first-order valence-corrected chi connectivity index (χ1v) is 9.63.